The van der Waals surface area contributed by atoms with Crippen LogP contribution in [0.2, 0.25) is 5.02 Å². The molecule has 0 atom stereocenters. The molecule has 28 heavy (non-hydrogen) atoms. The first-order valence-electron chi connectivity index (χ1n) is 8.36. The van der Waals surface area contributed by atoms with Crippen molar-refractivity contribution in [1.82, 2.24) is 14.7 Å². The van der Waals surface area contributed by atoms with E-state index in [2.05, 4.69) is 5.10 Å². The largest absolute Gasteiger partial charge is 0.436 e. The molecular weight excluding hydrogens is 407 g/mol. The fourth-order valence-electron chi connectivity index (χ4n) is 2.98. The highest BCUT2D eigenvalue weighted by atomic mass is 35.5. The third-order valence-electron chi connectivity index (χ3n) is 4.59. The van der Waals surface area contributed by atoms with Crippen LogP contribution in [0.25, 0.3) is 0 Å². The Kier molecular flexibility index (Phi) is 5.51. The molecule has 1 aliphatic rings. The van der Waals surface area contributed by atoms with Crippen LogP contribution in [0.4, 0.5) is 27.6 Å². The normalized spacial score (nSPS) is 15.2. The van der Waals surface area contributed by atoms with Crippen LogP contribution in [-0.2, 0) is 17.5 Å². The molecule has 1 aromatic carbocycles. The summed E-state index contributed by atoms with van der Waals surface area (Å²) in [7, 11) is 0. The number of hydrogen-bond donors (Lipinski definition) is 0. The molecule has 3 rings (SSSR count). The quantitative estimate of drug-likeness (QED) is 0.711. The third-order valence-corrected chi connectivity index (χ3v) is 5.04. The van der Waals surface area contributed by atoms with Crippen LogP contribution in [0.1, 0.15) is 11.4 Å². The molecule has 1 aromatic heterocycles. The molecule has 1 fully saturated rings. The molecule has 2 aromatic rings. The lowest BCUT2D eigenvalue weighted by Gasteiger charge is -2.36. The molecule has 5 nitrogen and oxygen atoms in total. The summed E-state index contributed by atoms with van der Waals surface area (Å²) in [6, 6.07) is 3.56. The fourth-order valence-corrected chi connectivity index (χ4v) is 3.23. The number of carbonyl (C=O) groups excluding carboxylic acids is 1. The zero-order valence-corrected chi connectivity index (χ0v) is 15.5. The number of halogens is 6. The summed E-state index contributed by atoms with van der Waals surface area (Å²) < 4.78 is 66.0. The number of rotatable bonds is 3. The van der Waals surface area contributed by atoms with E-state index in [4.69, 9.17) is 11.6 Å². The summed E-state index contributed by atoms with van der Waals surface area (Å²) in [6.45, 7) is 2.33. The van der Waals surface area contributed by atoms with Gasteiger partial charge in [-0.15, -0.1) is 0 Å². The first-order valence-corrected chi connectivity index (χ1v) is 8.73. The number of amides is 1. The number of benzene rings is 1. The molecule has 2 heterocycles. The summed E-state index contributed by atoms with van der Waals surface area (Å²) in [5.74, 6) is -2.30. The Morgan fingerprint density at radius 3 is 2.32 bits per heavy atom. The highest BCUT2D eigenvalue weighted by molar-refractivity contribution is 6.32. The summed E-state index contributed by atoms with van der Waals surface area (Å²) >= 11 is 5.69. The molecule has 0 saturated carbocycles. The van der Waals surface area contributed by atoms with E-state index in [0.29, 0.717) is 18.8 Å². The number of aromatic nitrogens is 2. The lowest BCUT2D eigenvalue weighted by molar-refractivity contribution is -0.142. The summed E-state index contributed by atoms with van der Waals surface area (Å²) in [6.07, 6.45) is -4.70. The standard InChI is InChI=1S/C17H16ClF5N4O/c1-10-15(18)16(17(21,22)23)24-27(10)9-14(28)26-6-4-25(5-7-26)11-2-3-12(19)13(20)8-11/h2-3,8H,4-7,9H2,1H3. The van der Waals surface area contributed by atoms with Crippen LogP contribution < -0.4 is 4.90 Å². The van der Waals surface area contributed by atoms with E-state index < -0.39 is 34.4 Å². The van der Waals surface area contributed by atoms with E-state index in [1.165, 1.54) is 17.9 Å². The average Bonchev–Trinajstić information content (AvgIpc) is 2.92. The number of hydrogen-bond acceptors (Lipinski definition) is 3. The van der Waals surface area contributed by atoms with Gasteiger partial charge in [-0.1, -0.05) is 11.6 Å². The summed E-state index contributed by atoms with van der Waals surface area (Å²) in [5.41, 5.74) is -0.666. The van der Waals surface area contributed by atoms with Crippen LogP contribution in [0.3, 0.4) is 0 Å². The maximum atomic E-state index is 13.4. The number of alkyl halides is 3. The Balaban J connectivity index is 1.64. The highest BCUT2D eigenvalue weighted by Gasteiger charge is 2.38. The first-order chi connectivity index (χ1) is 13.1. The second-order valence-electron chi connectivity index (χ2n) is 6.37. The van der Waals surface area contributed by atoms with E-state index in [9.17, 15) is 26.7 Å². The van der Waals surface area contributed by atoms with Gasteiger partial charge < -0.3 is 9.80 Å². The second-order valence-corrected chi connectivity index (χ2v) is 6.75. The van der Waals surface area contributed by atoms with Crippen molar-refractivity contribution in [2.75, 3.05) is 31.1 Å². The van der Waals surface area contributed by atoms with Gasteiger partial charge in [0, 0.05) is 37.9 Å². The molecule has 0 spiro atoms. The van der Waals surface area contributed by atoms with E-state index in [-0.39, 0.29) is 25.3 Å². The van der Waals surface area contributed by atoms with Crippen molar-refractivity contribution in [1.29, 1.82) is 0 Å². The summed E-state index contributed by atoms with van der Waals surface area (Å²) in [4.78, 5) is 15.7. The minimum absolute atomic E-state index is 0.0581. The lowest BCUT2D eigenvalue weighted by atomic mass is 10.2. The van der Waals surface area contributed by atoms with Crippen LogP contribution in [-0.4, -0.2) is 46.8 Å². The second kappa shape index (κ2) is 7.57. The van der Waals surface area contributed by atoms with Gasteiger partial charge in [0.1, 0.15) is 6.54 Å². The maximum Gasteiger partial charge on any atom is 0.436 e. The van der Waals surface area contributed by atoms with E-state index in [1.54, 1.807) is 4.90 Å². The van der Waals surface area contributed by atoms with E-state index in [1.807, 2.05) is 0 Å². The van der Waals surface area contributed by atoms with Gasteiger partial charge in [0.2, 0.25) is 5.91 Å². The molecule has 1 saturated heterocycles. The van der Waals surface area contributed by atoms with Crippen LogP contribution >= 0.6 is 11.6 Å². The predicted molar refractivity (Wildman–Crippen MR) is 92.1 cm³/mol. The minimum Gasteiger partial charge on any atom is -0.368 e. The van der Waals surface area contributed by atoms with Crippen LogP contribution in [0.5, 0.6) is 0 Å². The van der Waals surface area contributed by atoms with Gasteiger partial charge in [0.25, 0.3) is 0 Å². The first kappa shape index (κ1) is 20.4. The number of carbonyl (C=O) groups is 1. The van der Waals surface area contributed by atoms with Gasteiger partial charge in [0.15, 0.2) is 17.3 Å². The fraction of sp³-hybridized carbons (Fsp3) is 0.412. The molecule has 0 N–H and O–H groups in total. The van der Waals surface area contributed by atoms with Crippen molar-refractivity contribution in [2.24, 2.45) is 0 Å². The maximum absolute atomic E-state index is 13.4. The van der Waals surface area contributed by atoms with Gasteiger partial charge in [-0.2, -0.15) is 18.3 Å². The van der Waals surface area contributed by atoms with E-state index >= 15 is 0 Å². The Hall–Kier alpha value is -2.36. The molecule has 0 radical (unpaired) electrons. The van der Waals surface area contributed by atoms with E-state index in [0.717, 1.165) is 16.8 Å². The van der Waals surface area contributed by atoms with Crippen molar-refractivity contribution < 1.29 is 26.7 Å². The zero-order valence-electron chi connectivity index (χ0n) is 14.7. The van der Waals surface area contributed by atoms with Crippen molar-refractivity contribution >= 4 is 23.2 Å². The third kappa shape index (κ3) is 4.06. The smallest absolute Gasteiger partial charge is 0.368 e. The molecule has 0 unspecified atom stereocenters. The molecule has 1 amide bonds. The SMILES string of the molecule is Cc1c(Cl)c(C(F)(F)F)nn1CC(=O)N1CCN(c2ccc(F)c(F)c2)CC1. The van der Waals surface area contributed by atoms with Gasteiger partial charge in [-0.3, -0.25) is 9.48 Å². The van der Waals surface area contributed by atoms with Crippen molar-refractivity contribution in [2.45, 2.75) is 19.6 Å². The molecular formula is C17H16ClF5N4O. The zero-order chi connectivity index (χ0) is 20.6. The van der Waals surface area contributed by atoms with Crippen molar-refractivity contribution in [3.8, 4) is 0 Å². The molecule has 152 valence electrons. The van der Waals surface area contributed by atoms with Crippen LogP contribution in [0, 0.1) is 18.6 Å². The number of anilines is 1. The molecule has 11 heteroatoms. The van der Waals surface area contributed by atoms with Crippen molar-refractivity contribution in [3.05, 3.63) is 46.2 Å². The topological polar surface area (TPSA) is 41.4 Å². The molecule has 1 aliphatic heterocycles. The molecule has 0 bridgehead atoms. The number of nitrogens with zero attached hydrogens (tertiary/aromatic N) is 4. The van der Waals surface area contributed by atoms with Gasteiger partial charge in [0.05, 0.1) is 10.7 Å². The summed E-state index contributed by atoms with van der Waals surface area (Å²) in [5, 5.41) is 2.90. The van der Waals surface area contributed by atoms with Gasteiger partial charge >= 0.3 is 6.18 Å². The average molecular weight is 423 g/mol. The monoisotopic (exact) mass is 422 g/mol. The van der Waals surface area contributed by atoms with Gasteiger partial charge in [-0.05, 0) is 19.1 Å². The van der Waals surface area contributed by atoms with Crippen molar-refractivity contribution in [3.63, 3.8) is 0 Å². The molecule has 0 aliphatic carbocycles. The predicted octanol–water partition coefficient (Wildman–Crippen LogP) is 3.49. The van der Waals surface area contributed by atoms with Crippen LogP contribution in [0.15, 0.2) is 18.2 Å². The lowest BCUT2D eigenvalue weighted by Crippen LogP contribution is -2.49. The Morgan fingerprint density at radius 2 is 1.79 bits per heavy atom. The Morgan fingerprint density at radius 1 is 1.14 bits per heavy atom. The number of piperazine rings is 1. The Bertz CT molecular complexity index is 890. The van der Waals surface area contributed by atoms with Gasteiger partial charge in [-0.25, -0.2) is 8.78 Å². The minimum atomic E-state index is -4.70. The Labute approximate surface area is 162 Å². The highest BCUT2D eigenvalue weighted by Crippen LogP contribution is 2.35.